The highest BCUT2D eigenvalue weighted by atomic mass is 16.6. The first-order chi connectivity index (χ1) is 9.70. The average molecular weight is 274 g/mol. The molecule has 2 rings (SSSR count). The molecule has 0 spiro atoms. The summed E-state index contributed by atoms with van der Waals surface area (Å²) in [5.41, 5.74) is 3.17. The fraction of sp³-hybridized carbons (Fsp3) is 0.143. The van der Waals surface area contributed by atoms with Gasteiger partial charge in [-0.05, 0) is 37.3 Å². The van der Waals surface area contributed by atoms with Crippen molar-refractivity contribution in [3.05, 3.63) is 54.0 Å². The molecular weight excluding hydrogens is 260 g/mol. The number of hydrogen-bond donors (Lipinski definition) is 2. The predicted molar refractivity (Wildman–Crippen MR) is 72.2 cm³/mol. The molecule has 0 aliphatic heterocycles. The van der Waals surface area contributed by atoms with Crippen LogP contribution in [-0.4, -0.2) is 18.4 Å². The van der Waals surface area contributed by atoms with E-state index in [4.69, 9.17) is 9.25 Å². The molecule has 0 radical (unpaired) electrons. The molecule has 0 unspecified atom stereocenters. The molecule has 1 aromatic carbocycles. The van der Waals surface area contributed by atoms with E-state index in [-0.39, 0.29) is 17.6 Å². The second-order valence-electron chi connectivity index (χ2n) is 3.88. The first kappa shape index (κ1) is 13.8. The smallest absolute Gasteiger partial charge is 0.291 e. The lowest BCUT2D eigenvalue weighted by atomic mass is 10.2. The highest BCUT2D eigenvalue weighted by Crippen LogP contribution is 2.12. The molecule has 1 heterocycles. The molecule has 0 aliphatic rings. The van der Waals surface area contributed by atoms with E-state index in [2.05, 4.69) is 10.8 Å². The summed E-state index contributed by atoms with van der Waals surface area (Å²) in [5.74, 6) is -0.549. The first-order valence-corrected chi connectivity index (χ1v) is 6.07. The molecule has 20 heavy (non-hydrogen) atoms. The van der Waals surface area contributed by atoms with Crippen LogP contribution in [0.3, 0.4) is 0 Å². The Kier molecular flexibility index (Phi) is 4.52. The number of carbonyl (C=O) groups is 2. The minimum atomic E-state index is -0.377. The van der Waals surface area contributed by atoms with E-state index in [0.717, 1.165) is 0 Å². The van der Waals surface area contributed by atoms with Gasteiger partial charge in [-0.25, -0.2) is 5.48 Å². The maximum Gasteiger partial charge on any atom is 0.291 e. The molecule has 2 aromatic rings. The van der Waals surface area contributed by atoms with Gasteiger partial charge in [0.25, 0.3) is 11.8 Å². The zero-order valence-corrected chi connectivity index (χ0v) is 10.9. The van der Waals surface area contributed by atoms with Gasteiger partial charge in [-0.3, -0.25) is 14.4 Å². The lowest BCUT2D eigenvalue weighted by molar-refractivity contribution is 0.0364. The van der Waals surface area contributed by atoms with Crippen molar-refractivity contribution in [2.75, 3.05) is 11.9 Å². The molecule has 2 N–H and O–H groups in total. The van der Waals surface area contributed by atoms with Crippen molar-refractivity contribution < 1.29 is 18.8 Å². The van der Waals surface area contributed by atoms with Crippen molar-refractivity contribution >= 4 is 17.5 Å². The molecule has 0 fully saturated rings. The van der Waals surface area contributed by atoms with Crippen LogP contribution in [-0.2, 0) is 4.84 Å². The third-order valence-electron chi connectivity index (χ3n) is 2.44. The summed E-state index contributed by atoms with van der Waals surface area (Å²) >= 11 is 0. The molecule has 104 valence electrons. The van der Waals surface area contributed by atoms with Gasteiger partial charge >= 0.3 is 0 Å². The fourth-order valence-electron chi connectivity index (χ4n) is 1.54. The number of benzene rings is 1. The highest BCUT2D eigenvalue weighted by Gasteiger charge is 2.10. The van der Waals surface area contributed by atoms with Gasteiger partial charge in [0, 0.05) is 11.3 Å². The summed E-state index contributed by atoms with van der Waals surface area (Å²) < 4.78 is 4.99. The van der Waals surface area contributed by atoms with E-state index in [9.17, 15) is 9.59 Å². The lowest BCUT2D eigenvalue weighted by Gasteiger charge is -2.07. The van der Waals surface area contributed by atoms with Crippen molar-refractivity contribution in [2.45, 2.75) is 6.92 Å². The minimum Gasteiger partial charge on any atom is -0.459 e. The monoisotopic (exact) mass is 274 g/mol. The standard InChI is InChI=1S/C14H14N2O4/c1-2-20-16-13(17)10-5-3-6-11(9-10)15-14(18)12-7-4-8-19-12/h3-9H,2H2,1H3,(H,15,18)(H,16,17). The summed E-state index contributed by atoms with van der Waals surface area (Å²) in [6.07, 6.45) is 1.42. The molecule has 0 atom stereocenters. The highest BCUT2D eigenvalue weighted by molar-refractivity contribution is 6.03. The van der Waals surface area contributed by atoms with Crippen LogP contribution in [0.1, 0.15) is 27.8 Å². The van der Waals surface area contributed by atoms with Gasteiger partial charge in [-0.1, -0.05) is 6.07 Å². The van der Waals surface area contributed by atoms with Gasteiger partial charge in [0.05, 0.1) is 12.9 Å². The van der Waals surface area contributed by atoms with Crippen LogP contribution in [0.25, 0.3) is 0 Å². The van der Waals surface area contributed by atoms with Crippen molar-refractivity contribution in [3.8, 4) is 0 Å². The Hall–Kier alpha value is -2.60. The van der Waals surface area contributed by atoms with Crippen molar-refractivity contribution in [3.63, 3.8) is 0 Å². The number of hydrogen-bond acceptors (Lipinski definition) is 4. The second kappa shape index (κ2) is 6.53. The normalized spacial score (nSPS) is 10.1. The fourth-order valence-corrected chi connectivity index (χ4v) is 1.54. The number of carbonyl (C=O) groups excluding carboxylic acids is 2. The summed E-state index contributed by atoms with van der Waals surface area (Å²) in [4.78, 5) is 28.3. The van der Waals surface area contributed by atoms with Crippen molar-refractivity contribution in [1.82, 2.24) is 5.48 Å². The van der Waals surface area contributed by atoms with E-state index >= 15 is 0 Å². The number of rotatable bonds is 5. The van der Waals surface area contributed by atoms with Crippen molar-refractivity contribution in [2.24, 2.45) is 0 Å². The third-order valence-corrected chi connectivity index (χ3v) is 2.44. The van der Waals surface area contributed by atoms with Crippen LogP contribution < -0.4 is 10.8 Å². The lowest BCUT2D eigenvalue weighted by Crippen LogP contribution is -2.23. The van der Waals surface area contributed by atoms with Crippen LogP contribution in [0, 0.1) is 0 Å². The van der Waals surface area contributed by atoms with E-state index < -0.39 is 0 Å². The zero-order chi connectivity index (χ0) is 14.4. The van der Waals surface area contributed by atoms with Gasteiger partial charge in [-0.15, -0.1) is 0 Å². The third kappa shape index (κ3) is 3.46. The largest absolute Gasteiger partial charge is 0.459 e. The van der Waals surface area contributed by atoms with E-state index in [1.54, 1.807) is 43.3 Å². The predicted octanol–water partition coefficient (Wildman–Crippen LogP) is 2.21. The van der Waals surface area contributed by atoms with Crippen molar-refractivity contribution in [1.29, 1.82) is 0 Å². The maximum absolute atomic E-state index is 11.8. The molecule has 6 heteroatoms. The Morgan fingerprint density at radius 2 is 2.05 bits per heavy atom. The molecule has 1 aromatic heterocycles. The Morgan fingerprint density at radius 1 is 1.20 bits per heavy atom. The zero-order valence-electron chi connectivity index (χ0n) is 10.9. The molecule has 6 nitrogen and oxygen atoms in total. The van der Waals surface area contributed by atoms with Crippen LogP contribution in [0.15, 0.2) is 47.1 Å². The maximum atomic E-state index is 11.8. The first-order valence-electron chi connectivity index (χ1n) is 6.07. The van der Waals surface area contributed by atoms with E-state index in [1.165, 1.54) is 6.26 Å². The number of furan rings is 1. The van der Waals surface area contributed by atoms with E-state index in [1.807, 2.05) is 0 Å². The number of nitrogens with one attached hydrogen (secondary N) is 2. The van der Waals surface area contributed by atoms with Gasteiger partial charge in [0.15, 0.2) is 5.76 Å². The van der Waals surface area contributed by atoms with Gasteiger partial charge in [-0.2, -0.15) is 0 Å². The molecule has 0 saturated heterocycles. The van der Waals surface area contributed by atoms with Crippen LogP contribution >= 0.6 is 0 Å². The summed E-state index contributed by atoms with van der Waals surface area (Å²) in [7, 11) is 0. The minimum absolute atomic E-state index is 0.203. The number of amides is 2. The van der Waals surface area contributed by atoms with E-state index in [0.29, 0.717) is 17.9 Å². The van der Waals surface area contributed by atoms with Gasteiger partial charge in [0.2, 0.25) is 0 Å². The Balaban J connectivity index is 2.06. The summed E-state index contributed by atoms with van der Waals surface area (Å²) in [6.45, 7) is 2.14. The number of anilines is 1. The summed E-state index contributed by atoms with van der Waals surface area (Å²) in [6, 6.07) is 9.70. The Bertz CT molecular complexity index is 593. The topological polar surface area (TPSA) is 80.6 Å². The SMILES string of the molecule is CCONC(=O)c1cccc(NC(=O)c2ccco2)c1. The molecule has 0 bridgehead atoms. The molecule has 0 saturated carbocycles. The van der Waals surface area contributed by atoms with Crippen LogP contribution in [0.2, 0.25) is 0 Å². The van der Waals surface area contributed by atoms with Gasteiger partial charge < -0.3 is 9.73 Å². The van der Waals surface area contributed by atoms with Crippen LogP contribution in [0.4, 0.5) is 5.69 Å². The Labute approximate surface area is 115 Å². The van der Waals surface area contributed by atoms with Gasteiger partial charge in [0.1, 0.15) is 0 Å². The number of hydroxylamine groups is 1. The van der Waals surface area contributed by atoms with Crippen LogP contribution in [0.5, 0.6) is 0 Å². The summed E-state index contributed by atoms with van der Waals surface area (Å²) in [5, 5.41) is 2.64. The Morgan fingerprint density at radius 3 is 2.75 bits per heavy atom. The molecule has 2 amide bonds. The average Bonchev–Trinajstić information content (AvgIpc) is 2.99. The molecule has 0 aliphatic carbocycles. The molecular formula is C14H14N2O4. The second-order valence-corrected chi connectivity index (χ2v) is 3.88. The quantitative estimate of drug-likeness (QED) is 0.819.